The lowest BCUT2D eigenvalue weighted by Gasteiger charge is -2.25. The molecule has 2 atom stereocenters. The lowest BCUT2D eigenvalue weighted by molar-refractivity contribution is 0.299. The van der Waals surface area contributed by atoms with Gasteiger partial charge in [0.1, 0.15) is 17.8 Å². The highest BCUT2D eigenvalue weighted by Gasteiger charge is 2.54. The zero-order valence-electron chi connectivity index (χ0n) is 14.8. The van der Waals surface area contributed by atoms with Crippen molar-refractivity contribution in [1.82, 2.24) is 25.1 Å². The van der Waals surface area contributed by atoms with Crippen LogP contribution in [0.4, 0.5) is 5.82 Å². The lowest BCUT2D eigenvalue weighted by atomic mass is 9.80. The Balaban J connectivity index is 1.60. The van der Waals surface area contributed by atoms with E-state index in [4.69, 9.17) is 4.42 Å². The van der Waals surface area contributed by atoms with E-state index in [1.165, 1.54) is 18.4 Å². The van der Waals surface area contributed by atoms with Gasteiger partial charge >= 0.3 is 0 Å². The maximum atomic E-state index is 5.88. The maximum Gasteiger partial charge on any atom is 0.224 e. The molecular formula is C18H22N6O. The number of nitrogens with zero attached hydrogens (tertiary/aromatic N) is 5. The average Bonchev–Trinajstić information content (AvgIpc) is 3.31. The second-order valence-corrected chi connectivity index (χ2v) is 7.55. The Hall–Kier alpha value is -2.44. The molecule has 0 unspecified atom stereocenters. The first-order chi connectivity index (χ1) is 12.1. The van der Waals surface area contributed by atoms with Gasteiger partial charge in [-0.25, -0.2) is 9.97 Å². The number of hydrogen-bond acceptors (Lipinski definition) is 6. The minimum Gasteiger partial charge on any atom is -0.425 e. The molecule has 0 bridgehead atoms. The highest BCUT2D eigenvalue weighted by atomic mass is 16.4. The van der Waals surface area contributed by atoms with Crippen molar-refractivity contribution in [2.24, 2.45) is 5.92 Å². The predicted octanol–water partition coefficient (Wildman–Crippen LogP) is 2.82. The van der Waals surface area contributed by atoms with E-state index < -0.39 is 0 Å². The topological polar surface area (TPSA) is 83.7 Å². The van der Waals surface area contributed by atoms with Gasteiger partial charge < -0.3 is 14.3 Å². The fourth-order valence-corrected chi connectivity index (χ4v) is 4.81. The molecule has 130 valence electrons. The number of fused-ring (bicyclic) bond motifs is 2. The molecule has 2 aliphatic rings. The minimum absolute atomic E-state index is 0.0300. The van der Waals surface area contributed by atoms with Gasteiger partial charge in [-0.2, -0.15) is 0 Å². The summed E-state index contributed by atoms with van der Waals surface area (Å²) in [6.45, 7) is 7.95. The summed E-state index contributed by atoms with van der Waals surface area (Å²) in [7, 11) is 0. The number of anilines is 1. The van der Waals surface area contributed by atoms with Gasteiger partial charge in [0.2, 0.25) is 11.8 Å². The van der Waals surface area contributed by atoms with Gasteiger partial charge in [-0.1, -0.05) is 6.42 Å². The van der Waals surface area contributed by atoms with E-state index in [0.717, 1.165) is 47.9 Å². The minimum atomic E-state index is -0.0300. The molecule has 7 nitrogen and oxygen atoms in total. The molecule has 3 aromatic rings. The monoisotopic (exact) mass is 338 g/mol. The fourth-order valence-electron chi connectivity index (χ4n) is 4.81. The highest BCUT2D eigenvalue weighted by Crippen LogP contribution is 2.51. The summed E-state index contributed by atoms with van der Waals surface area (Å²) >= 11 is 0. The summed E-state index contributed by atoms with van der Waals surface area (Å²) in [4.78, 5) is 14.8. The second-order valence-electron chi connectivity index (χ2n) is 7.55. The van der Waals surface area contributed by atoms with Crippen LogP contribution in [0.2, 0.25) is 0 Å². The smallest absolute Gasteiger partial charge is 0.224 e. The molecule has 4 heterocycles. The molecule has 1 N–H and O–H groups in total. The molecule has 5 rings (SSSR count). The fraction of sp³-hybridized carbons (Fsp3) is 0.556. The quantitative estimate of drug-likeness (QED) is 0.773. The Bertz CT molecular complexity index is 960. The Morgan fingerprint density at radius 3 is 2.92 bits per heavy atom. The van der Waals surface area contributed by atoms with Crippen molar-refractivity contribution in [1.29, 1.82) is 0 Å². The van der Waals surface area contributed by atoms with Crippen molar-refractivity contribution in [2.75, 3.05) is 18.0 Å². The van der Waals surface area contributed by atoms with Crippen LogP contribution < -0.4 is 4.90 Å². The van der Waals surface area contributed by atoms with Crippen LogP contribution in [0, 0.1) is 26.7 Å². The molecule has 0 amide bonds. The number of aryl methyl sites for hydroxylation is 3. The van der Waals surface area contributed by atoms with Crippen LogP contribution in [0.25, 0.3) is 11.0 Å². The first-order valence-corrected chi connectivity index (χ1v) is 8.94. The molecule has 1 aliphatic carbocycles. The third kappa shape index (κ3) is 1.98. The first-order valence-electron chi connectivity index (χ1n) is 8.94. The molecule has 0 spiro atoms. The summed E-state index contributed by atoms with van der Waals surface area (Å²) in [5.41, 5.74) is 3.26. The lowest BCUT2D eigenvalue weighted by Crippen LogP contribution is -2.32. The van der Waals surface area contributed by atoms with Gasteiger partial charge in [0.05, 0.1) is 10.8 Å². The number of aromatic nitrogens is 5. The predicted molar refractivity (Wildman–Crippen MR) is 93.6 cm³/mol. The van der Waals surface area contributed by atoms with E-state index in [0.29, 0.717) is 11.8 Å². The van der Waals surface area contributed by atoms with Gasteiger partial charge in [-0.3, -0.25) is 0 Å². The van der Waals surface area contributed by atoms with E-state index in [1.54, 1.807) is 6.33 Å². The maximum absolute atomic E-state index is 5.88. The van der Waals surface area contributed by atoms with Crippen molar-refractivity contribution in [2.45, 2.75) is 45.4 Å². The summed E-state index contributed by atoms with van der Waals surface area (Å²) in [6.07, 6.45) is 5.19. The highest BCUT2D eigenvalue weighted by molar-refractivity contribution is 5.91. The van der Waals surface area contributed by atoms with E-state index in [9.17, 15) is 0 Å². The zero-order chi connectivity index (χ0) is 17.2. The summed E-state index contributed by atoms with van der Waals surface area (Å²) in [5, 5.41) is 9.61. The molecule has 2 fully saturated rings. The second kappa shape index (κ2) is 5.03. The largest absolute Gasteiger partial charge is 0.425 e. The van der Waals surface area contributed by atoms with Crippen LogP contribution in [0.5, 0.6) is 0 Å². The van der Waals surface area contributed by atoms with E-state index in [1.807, 2.05) is 6.92 Å². The van der Waals surface area contributed by atoms with Gasteiger partial charge in [0, 0.05) is 25.7 Å². The Morgan fingerprint density at radius 2 is 2.12 bits per heavy atom. The van der Waals surface area contributed by atoms with Crippen LogP contribution in [0.1, 0.15) is 42.3 Å². The van der Waals surface area contributed by atoms with E-state index >= 15 is 0 Å². The van der Waals surface area contributed by atoms with Gasteiger partial charge in [-0.05, 0) is 38.2 Å². The van der Waals surface area contributed by atoms with Crippen LogP contribution >= 0.6 is 0 Å². The van der Waals surface area contributed by atoms with Crippen molar-refractivity contribution in [3.63, 3.8) is 0 Å². The van der Waals surface area contributed by atoms with Crippen molar-refractivity contribution < 1.29 is 4.42 Å². The van der Waals surface area contributed by atoms with Gasteiger partial charge in [0.25, 0.3) is 0 Å². The molecule has 7 heteroatoms. The van der Waals surface area contributed by atoms with Crippen molar-refractivity contribution >= 4 is 16.9 Å². The standard InChI is InChI=1S/C18H22N6O/c1-10-11(2)21-15-14(10)16(20-9-19-15)24-7-13-5-4-6-18(13,8-24)17-23-22-12(3)25-17/h9,13H,4-8H2,1-3H3,(H,19,20,21)/t13-,18-/m0/s1. The molecule has 0 aromatic carbocycles. The SMILES string of the molecule is Cc1nnc([C@]23CCC[C@H]2CN(c2ncnc4[nH]c(C)c(C)c24)C3)o1. The van der Waals surface area contributed by atoms with Crippen LogP contribution in [-0.4, -0.2) is 38.2 Å². The van der Waals surface area contributed by atoms with Gasteiger partial charge in [0.15, 0.2) is 0 Å². The molecule has 1 saturated carbocycles. The third-order valence-electron chi connectivity index (χ3n) is 6.19. The van der Waals surface area contributed by atoms with Crippen LogP contribution in [0.3, 0.4) is 0 Å². The van der Waals surface area contributed by atoms with Crippen LogP contribution in [0.15, 0.2) is 10.7 Å². The normalized spacial score (nSPS) is 25.9. The number of H-pyrrole nitrogens is 1. The summed E-state index contributed by atoms with van der Waals surface area (Å²) in [6, 6.07) is 0. The Kier molecular flexibility index (Phi) is 2.99. The van der Waals surface area contributed by atoms with Gasteiger partial charge in [-0.15, -0.1) is 10.2 Å². The van der Waals surface area contributed by atoms with E-state index in [-0.39, 0.29) is 5.41 Å². The average molecular weight is 338 g/mol. The summed E-state index contributed by atoms with van der Waals surface area (Å²) in [5.74, 6) is 3.02. The zero-order valence-corrected chi connectivity index (χ0v) is 14.8. The van der Waals surface area contributed by atoms with Crippen molar-refractivity contribution in [3.05, 3.63) is 29.4 Å². The Morgan fingerprint density at radius 1 is 1.24 bits per heavy atom. The molecule has 3 aromatic heterocycles. The Labute approximate surface area is 145 Å². The number of rotatable bonds is 2. The molecule has 0 radical (unpaired) electrons. The first kappa shape index (κ1) is 14.9. The molecule has 1 saturated heterocycles. The number of aromatic amines is 1. The molecule has 25 heavy (non-hydrogen) atoms. The molecule has 1 aliphatic heterocycles. The number of hydrogen-bond donors (Lipinski definition) is 1. The number of nitrogens with one attached hydrogen (secondary N) is 1. The van der Waals surface area contributed by atoms with Crippen LogP contribution in [-0.2, 0) is 5.41 Å². The third-order valence-corrected chi connectivity index (χ3v) is 6.19. The van der Waals surface area contributed by atoms with Crippen molar-refractivity contribution in [3.8, 4) is 0 Å². The molecular weight excluding hydrogens is 316 g/mol. The van der Waals surface area contributed by atoms with E-state index in [2.05, 4.69) is 43.9 Å². The summed E-state index contributed by atoms with van der Waals surface area (Å²) < 4.78 is 5.88.